The summed E-state index contributed by atoms with van der Waals surface area (Å²) in [6.07, 6.45) is 1.88. The molecular weight excluding hydrogens is 206 g/mol. The molecule has 3 heteroatoms. The van der Waals surface area contributed by atoms with Crippen LogP contribution in [-0.4, -0.2) is 29.6 Å². The first-order valence-electron chi connectivity index (χ1n) is 5.97. The number of likely N-dealkylation sites (tertiary alicyclic amines) is 1. The van der Waals surface area contributed by atoms with Crippen LogP contribution < -0.4 is 0 Å². The molecule has 2 atom stereocenters. The van der Waals surface area contributed by atoms with E-state index < -0.39 is 0 Å². The van der Waals surface area contributed by atoms with Crippen LogP contribution >= 0.6 is 12.6 Å². The Morgan fingerprint density at radius 3 is 2.60 bits per heavy atom. The van der Waals surface area contributed by atoms with Crippen molar-refractivity contribution >= 4 is 18.5 Å². The van der Waals surface area contributed by atoms with E-state index in [0.717, 1.165) is 31.7 Å². The third-order valence-corrected chi connectivity index (χ3v) is 3.97. The highest BCUT2D eigenvalue weighted by Crippen LogP contribution is 2.23. The van der Waals surface area contributed by atoms with Crippen LogP contribution in [0.5, 0.6) is 0 Å². The first-order valence-corrected chi connectivity index (χ1v) is 6.60. The number of thiol groups is 1. The van der Waals surface area contributed by atoms with Crippen molar-refractivity contribution < 1.29 is 4.79 Å². The number of hydrogen-bond acceptors (Lipinski definition) is 2. The summed E-state index contributed by atoms with van der Waals surface area (Å²) in [5.74, 6) is 2.95. The number of carbonyl (C=O) groups is 1. The minimum atomic E-state index is 0.342. The molecule has 0 N–H and O–H groups in total. The highest BCUT2D eigenvalue weighted by molar-refractivity contribution is 7.80. The summed E-state index contributed by atoms with van der Waals surface area (Å²) >= 11 is 4.36. The Morgan fingerprint density at radius 1 is 1.53 bits per heavy atom. The van der Waals surface area contributed by atoms with Gasteiger partial charge in [-0.1, -0.05) is 27.2 Å². The zero-order chi connectivity index (χ0) is 11.4. The second kappa shape index (κ2) is 5.78. The summed E-state index contributed by atoms with van der Waals surface area (Å²) < 4.78 is 0. The third-order valence-electron chi connectivity index (χ3n) is 3.50. The molecule has 1 heterocycles. The zero-order valence-corrected chi connectivity index (χ0v) is 11.0. The van der Waals surface area contributed by atoms with Gasteiger partial charge in [-0.3, -0.25) is 4.79 Å². The molecule has 0 aromatic rings. The zero-order valence-electron chi connectivity index (χ0n) is 10.1. The molecule has 0 aliphatic carbocycles. The lowest BCUT2D eigenvalue weighted by Crippen LogP contribution is -2.33. The molecule has 0 radical (unpaired) electrons. The topological polar surface area (TPSA) is 20.3 Å². The van der Waals surface area contributed by atoms with Crippen LogP contribution in [0.15, 0.2) is 0 Å². The Kier molecular flexibility index (Phi) is 4.97. The van der Waals surface area contributed by atoms with Crippen molar-refractivity contribution in [1.29, 1.82) is 0 Å². The average Bonchev–Trinajstić information content (AvgIpc) is 2.55. The van der Waals surface area contributed by atoms with Gasteiger partial charge in [0.1, 0.15) is 0 Å². The van der Waals surface area contributed by atoms with Crippen LogP contribution in [-0.2, 0) is 4.79 Å². The fourth-order valence-corrected chi connectivity index (χ4v) is 2.60. The van der Waals surface area contributed by atoms with Gasteiger partial charge in [0, 0.05) is 19.5 Å². The van der Waals surface area contributed by atoms with E-state index in [4.69, 9.17) is 0 Å². The van der Waals surface area contributed by atoms with Crippen molar-refractivity contribution in [3.05, 3.63) is 0 Å². The van der Waals surface area contributed by atoms with E-state index in [-0.39, 0.29) is 0 Å². The smallest absolute Gasteiger partial charge is 0.222 e. The molecule has 88 valence electrons. The molecule has 2 unspecified atom stereocenters. The van der Waals surface area contributed by atoms with Gasteiger partial charge >= 0.3 is 0 Å². The first kappa shape index (κ1) is 12.9. The van der Waals surface area contributed by atoms with Crippen LogP contribution in [0.3, 0.4) is 0 Å². The summed E-state index contributed by atoms with van der Waals surface area (Å²) in [4.78, 5) is 13.8. The summed E-state index contributed by atoms with van der Waals surface area (Å²) in [5, 5.41) is 0. The largest absolute Gasteiger partial charge is 0.342 e. The van der Waals surface area contributed by atoms with Crippen molar-refractivity contribution in [2.45, 2.75) is 33.6 Å². The second-order valence-corrected chi connectivity index (χ2v) is 5.33. The van der Waals surface area contributed by atoms with Gasteiger partial charge in [-0.05, 0) is 23.5 Å². The number of hydrogen-bond donors (Lipinski definition) is 1. The molecule has 1 rings (SSSR count). The van der Waals surface area contributed by atoms with Crippen molar-refractivity contribution in [3.8, 4) is 0 Å². The minimum Gasteiger partial charge on any atom is -0.342 e. The van der Waals surface area contributed by atoms with Gasteiger partial charge in [-0.15, -0.1) is 0 Å². The summed E-state index contributed by atoms with van der Waals surface area (Å²) in [6, 6.07) is 0. The maximum Gasteiger partial charge on any atom is 0.222 e. The molecule has 1 fully saturated rings. The molecule has 1 aliphatic rings. The lowest BCUT2D eigenvalue weighted by molar-refractivity contribution is -0.128. The highest BCUT2D eigenvalue weighted by atomic mass is 32.1. The lowest BCUT2D eigenvalue weighted by atomic mass is 9.97. The van der Waals surface area contributed by atoms with Gasteiger partial charge in [-0.2, -0.15) is 12.6 Å². The van der Waals surface area contributed by atoms with Crippen LogP contribution in [0.2, 0.25) is 0 Å². The van der Waals surface area contributed by atoms with Gasteiger partial charge in [0.05, 0.1) is 0 Å². The van der Waals surface area contributed by atoms with Gasteiger partial charge in [0.25, 0.3) is 0 Å². The van der Waals surface area contributed by atoms with E-state index >= 15 is 0 Å². The quantitative estimate of drug-likeness (QED) is 0.718. The fraction of sp³-hybridized carbons (Fsp3) is 0.917. The Labute approximate surface area is 98.8 Å². The molecule has 0 spiro atoms. The summed E-state index contributed by atoms with van der Waals surface area (Å²) in [6.45, 7) is 8.44. The highest BCUT2D eigenvalue weighted by Gasteiger charge is 2.30. The number of rotatable bonds is 5. The van der Waals surface area contributed by atoms with Crippen molar-refractivity contribution in [2.75, 3.05) is 18.8 Å². The molecule has 0 saturated carbocycles. The Morgan fingerprint density at radius 2 is 2.20 bits per heavy atom. The molecule has 15 heavy (non-hydrogen) atoms. The number of nitrogens with zero attached hydrogens (tertiary/aromatic N) is 1. The van der Waals surface area contributed by atoms with Crippen LogP contribution in [0.1, 0.15) is 33.6 Å². The van der Waals surface area contributed by atoms with Gasteiger partial charge in [-0.25, -0.2) is 0 Å². The summed E-state index contributed by atoms with van der Waals surface area (Å²) in [7, 11) is 0. The Hall–Kier alpha value is -0.180. The normalized spacial score (nSPS) is 23.9. The summed E-state index contributed by atoms with van der Waals surface area (Å²) in [5.41, 5.74) is 0. The maximum atomic E-state index is 11.7. The molecule has 0 aromatic heterocycles. The van der Waals surface area contributed by atoms with E-state index in [9.17, 15) is 4.79 Å². The van der Waals surface area contributed by atoms with E-state index in [1.54, 1.807) is 0 Å². The number of amides is 1. The van der Waals surface area contributed by atoms with Crippen molar-refractivity contribution in [1.82, 2.24) is 4.90 Å². The van der Waals surface area contributed by atoms with Crippen LogP contribution in [0.4, 0.5) is 0 Å². The lowest BCUT2D eigenvalue weighted by Gasteiger charge is -2.25. The molecule has 0 aromatic carbocycles. The molecule has 1 amide bonds. The van der Waals surface area contributed by atoms with Crippen molar-refractivity contribution in [3.63, 3.8) is 0 Å². The van der Waals surface area contributed by atoms with E-state index in [1.807, 2.05) is 4.90 Å². The maximum absolute atomic E-state index is 11.7. The minimum absolute atomic E-state index is 0.342. The standard InChI is InChI=1S/C12H23NOS/c1-4-10-5-12(14)13(6-10)7-11(8-15)9(2)3/h9-11,15H,4-8H2,1-3H3. The Balaban J connectivity index is 2.47. The molecule has 1 aliphatic heterocycles. The van der Waals surface area contributed by atoms with Gasteiger partial charge in [0.2, 0.25) is 5.91 Å². The molecule has 0 bridgehead atoms. The molecular formula is C12H23NOS. The molecule has 1 saturated heterocycles. The first-order chi connectivity index (χ1) is 7.08. The van der Waals surface area contributed by atoms with Crippen molar-refractivity contribution in [2.24, 2.45) is 17.8 Å². The second-order valence-electron chi connectivity index (χ2n) is 4.96. The van der Waals surface area contributed by atoms with E-state index in [2.05, 4.69) is 33.4 Å². The predicted molar refractivity (Wildman–Crippen MR) is 67.2 cm³/mol. The van der Waals surface area contributed by atoms with Crippen LogP contribution in [0.25, 0.3) is 0 Å². The van der Waals surface area contributed by atoms with E-state index in [0.29, 0.717) is 23.7 Å². The number of carbonyl (C=O) groups excluding carboxylic acids is 1. The SMILES string of the molecule is CCC1CC(=O)N(CC(CS)C(C)C)C1. The monoisotopic (exact) mass is 229 g/mol. The van der Waals surface area contributed by atoms with Gasteiger partial charge in [0.15, 0.2) is 0 Å². The van der Waals surface area contributed by atoms with Crippen LogP contribution in [0, 0.1) is 17.8 Å². The Bertz CT molecular complexity index is 218. The third kappa shape index (κ3) is 3.40. The molecule has 2 nitrogen and oxygen atoms in total. The van der Waals surface area contributed by atoms with Gasteiger partial charge < -0.3 is 4.90 Å². The fourth-order valence-electron chi connectivity index (χ4n) is 2.07. The average molecular weight is 229 g/mol. The van der Waals surface area contributed by atoms with E-state index in [1.165, 1.54) is 0 Å². The predicted octanol–water partition coefficient (Wildman–Crippen LogP) is 2.45.